The van der Waals surface area contributed by atoms with E-state index in [9.17, 15) is 4.79 Å². The van der Waals surface area contributed by atoms with Crippen molar-refractivity contribution in [2.24, 2.45) is 0 Å². The topological polar surface area (TPSA) is 65.8 Å². The molecule has 0 atom stereocenters. The Kier molecular flexibility index (Phi) is 6.30. The standard InChI is InChI=1S/C26H28N6O/c33-26(29-13-9-21-7-11-27-12-8-21)23-3-4-24-5-6-25(32(24)20-23)31-16-14-30(15-17-31)19-22-2-1-10-28-18-22/h1-8,10-12,18,20H,9,13-17,19H2,(H,29,33). The van der Waals surface area contributed by atoms with Gasteiger partial charge in [0, 0.05) is 75.8 Å². The SMILES string of the molecule is O=C(NCCc1ccncc1)c1ccc2ccc(N3CCN(Cc4cccnc4)CC3)n2c1. The molecule has 33 heavy (non-hydrogen) atoms. The number of piperazine rings is 1. The second kappa shape index (κ2) is 9.83. The Labute approximate surface area is 193 Å². The van der Waals surface area contributed by atoms with E-state index in [2.05, 4.69) is 47.7 Å². The van der Waals surface area contributed by atoms with Crippen LogP contribution < -0.4 is 10.2 Å². The maximum atomic E-state index is 12.7. The summed E-state index contributed by atoms with van der Waals surface area (Å²) in [6.45, 7) is 5.43. The van der Waals surface area contributed by atoms with Gasteiger partial charge in [0.2, 0.25) is 0 Å². The summed E-state index contributed by atoms with van der Waals surface area (Å²) in [5, 5.41) is 3.03. The van der Waals surface area contributed by atoms with E-state index in [1.54, 1.807) is 12.4 Å². The minimum absolute atomic E-state index is 0.0492. The molecule has 7 nitrogen and oxygen atoms in total. The van der Waals surface area contributed by atoms with Crippen LogP contribution in [0.5, 0.6) is 0 Å². The van der Waals surface area contributed by atoms with Crippen molar-refractivity contribution >= 4 is 17.2 Å². The Bertz CT molecular complexity index is 1200. The summed E-state index contributed by atoms with van der Waals surface area (Å²) in [6, 6.07) is 16.2. The quantitative estimate of drug-likeness (QED) is 0.479. The Balaban J connectivity index is 1.21. The molecule has 0 aromatic carbocycles. The first kappa shape index (κ1) is 21.2. The third-order valence-corrected chi connectivity index (χ3v) is 6.17. The van der Waals surface area contributed by atoms with E-state index < -0.39 is 0 Å². The summed E-state index contributed by atoms with van der Waals surface area (Å²) in [7, 11) is 0. The third-order valence-electron chi connectivity index (χ3n) is 6.17. The molecule has 0 unspecified atom stereocenters. The highest BCUT2D eigenvalue weighted by Crippen LogP contribution is 2.22. The highest BCUT2D eigenvalue weighted by atomic mass is 16.1. The van der Waals surface area contributed by atoms with Crippen LogP contribution in [0.25, 0.3) is 5.52 Å². The molecule has 1 saturated heterocycles. The predicted octanol–water partition coefficient (Wildman–Crippen LogP) is 3.02. The summed E-state index contributed by atoms with van der Waals surface area (Å²) in [6.07, 6.45) is 10.0. The summed E-state index contributed by atoms with van der Waals surface area (Å²) in [5.74, 6) is 1.09. The number of carbonyl (C=O) groups excluding carboxylic acids is 1. The van der Waals surface area contributed by atoms with Gasteiger partial charge in [-0.1, -0.05) is 6.07 Å². The first-order valence-electron chi connectivity index (χ1n) is 11.4. The van der Waals surface area contributed by atoms with Crippen LogP contribution in [-0.2, 0) is 13.0 Å². The Morgan fingerprint density at radius 2 is 1.70 bits per heavy atom. The fourth-order valence-corrected chi connectivity index (χ4v) is 4.34. The number of hydrogen-bond acceptors (Lipinski definition) is 5. The lowest BCUT2D eigenvalue weighted by molar-refractivity contribution is 0.0953. The predicted molar refractivity (Wildman–Crippen MR) is 129 cm³/mol. The van der Waals surface area contributed by atoms with Crippen LogP contribution in [-0.4, -0.2) is 57.9 Å². The van der Waals surface area contributed by atoms with Gasteiger partial charge in [-0.3, -0.25) is 19.7 Å². The minimum atomic E-state index is -0.0492. The zero-order valence-corrected chi connectivity index (χ0v) is 18.6. The van der Waals surface area contributed by atoms with Crippen molar-refractivity contribution in [1.82, 2.24) is 24.6 Å². The molecule has 0 saturated carbocycles. The van der Waals surface area contributed by atoms with Crippen LogP contribution in [0.4, 0.5) is 5.82 Å². The second-order valence-corrected chi connectivity index (χ2v) is 8.39. The molecule has 1 N–H and O–H groups in total. The number of pyridine rings is 3. The van der Waals surface area contributed by atoms with E-state index in [1.165, 1.54) is 5.56 Å². The van der Waals surface area contributed by atoms with Crippen molar-refractivity contribution in [3.05, 3.63) is 96.2 Å². The Morgan fingerprint density at radius 1 is 0.879 bits per heavy atom. The molecule has 1 amide bonds. The molecule has 168 valence electrons. The molecule has 1 aliphatic rings. The molecule has 5 heterocycles. The molecule has 1 fully saturated rings. The van der Waals surface area contributed by atoms with Crippen molar-refractivity contribution in [1.29, 1.82) is 0 Å². The van der Waals surface area contributed by atoms with E-state index in [-0.39, 0.29) is 5.91 Å². The second-order valence-electron chi connectivity index (χ2n) is 8.39. The molecule has 4 aromatic heterocycles. The number of fused-ring (bicyclic) bond motifs is 1. The number of amides is 1. The van der Waals surface area contributed by atoms with Crippen molar-refractivity contribution in [3.8, 4) is 0 Å². The van der Waals surface area contributed by atoms with Gasteiger partial charge in [-0.05, 0) is 60.0 Å². The van der Waals surface area contributed by atoms with E-state index in [0.717, 1.165) is 56.0 Å². The lowest BCUT2D eigenvalue weighted by Crippen LogP contribution is -2.46. The number of nitrogens with zero attached hydrogens (tertiary/aromatic N) is 5. The normalized spacial score (nSPS) is 14.5. The maximum Gasteiger partial charge on any atom is 0.252 e. The zero-order chi connectivity index (χ0) is 22.5. The van der Waals surface area contributed by atoms with E-state index in [4.69, 9.17) is 0 Å². The van der Waals surface area contributed by atoms with Gasteiger partial charge < -0.3 is 14.6 Å². The number of rotatable bonds is 7. The van der Waals surface area contributed by atoms with Crippen LogP contribution >= 0.6 is 0 Å². The Morgan fingerprint density at radius 3 is 2.48 bits per heavy atom. The van der Waals surface area contributed by atoms with Gasteiger partial charge in [-0.2, -0.15) is 0 Å². The number of anilines is 1. The van der Waals surface area contributed by atoms with Crippen LogP contribution in [0, 0.1) is 0 Å². The molecule has 4 aromatic rings. The lowest BCUT2D eigenvalue weighted by Gasteiger charge is -2.35. The van der Waals surface area contributed by atoms with Crippen molar-refractivity contribution < 1.29 is 4.79 Å². The van der Waals surface area contributed by atoms with Crippen LogP contribution in [0.3, 0.4) is 0 Å². The van der Waals surface area contributed by atoms with Crippen LogP contribution in [0.1, 0.15) is 21.5 Å². The minimum Gasteiger partial charge on any atom is -0.355 e. The van der Waals surface area contributed by atoms with E-state index in [0.29, 0.717) is 12.1 Å². The van der Waals surface area contributed by atoms with Crippen molar-refractivity contribution in [2.45, 2.75) is 13.0 Å². The van der Waals surface area contributed by atoms with Gasteiger partial charge in [0.15, 0.2) is 0 Å². The average Bonchev–Trinajstić information content (AvgIpc) is 3.29. The van der Waals surface area contributed by atoms with Crippen LogP contribution in [0.15, 0.2) is 79.5 Å². The summed E-state index contributed by atoms with van der Waals surface area (Å²) < 4.78 is 2.13. The van der Waals surface area contributed by atoms with Crippen LogP contribution in [0.2, 0.25) is 0 Å². The monoisotopic (exact) mass is 440 g/mol. The van der Waals surface area contributed by atoms with Gasteiger partial charge in [0.1, 0.15) is 5.82 Å². The maximum absolute atomic E-state index is 12.7. The van der Waals surface area contributed by atoms with Crippen molar-refractivity contribution in [3.63, 3.8) is 0 Å². The molecular formula is C26H28N6O. The molecular weight excluding hydrogens is 412 g/mol. The lowest BCUT2D eigenvalue weighted by atomic mass is 10.2. The molecule has 7 heteroatoms. The molecule has 0 bridgehead atoms. The Hall–Kier alpha value is -3.71. The molecule has 0 spiro atoms. The van der Waals surface area contributed by atoms with E-state index in [1.807, 2.05) is 48.9 Å². The third kappa shape index (κ3) is 5.04. The fourth-order valence-electron chi connectivity index (χ4n) is 4.34. The van der Waals surface area contributed by atoms with Gasteiger partial charge in [-0.25, -0.2) is 0 Å². The average molecular weight is 441 g/mol. The summed E-state index contributed by atoms with van der Waals surface area (Å²) in [4.78, 5) is 25.9. The largest absolute Gasteiger partial charge is 0.355 e. The van der Waals surface area contributed by atoms with Crippen molar-refractivity contribution in [2.75, 3.05) is 37.6 Å². The highest BCUT2D eigenvalue weighted by Gasteiger charge is 2.20. The summed E-state index contributed by atoms with van der Waals surface area (Å²) >= 11 is 0. The molecule has 0 radical (unpaired) electrons. The van der Waals surface area contributed by atoms with Gasteiger partial charge in [-0.15, -0.1) is 0 Å². The fraction of sp³-hybridized carbons (Fsp3) is 0.269. The first-order valence-corrected chi connectivity index (χ1v) is 11.4. The van der Waals surface area contributed by atoms with Gasteiger partial charge in [0.25, 0.3) is 5.91 Å². The molecule has 1 aliphatic heterocycles. The first-order chi connectivity index (χ1) is 16.3. The van der Waals surface area contributed by atoms with Gasteiger partial charge >= 0.3 is 0 Å². The summed E-state index contributed by atoms with van der Waals surface area (Å²) in [5.41, 5.74) is 4.18. The van der Waals surface area contributed by atoms with Gasteiger partial charge in [0.05, 0.1) is 5.56 Å². The smallest absolute Gasteiger partial charge is 0.252 e. The number of aromatic nitrogens is 3. The molecule has 0 aliphatic carbocycles. The highest BCUT2D eigenvalue weighted by molar-refractivity contribution is 5.94. The number of nitrogens with one attached hydrogen (secondary N) is 1. The number of hydrogen-bond donors (Lipinski definition) is 1. The zero-order valence-electron chi connectivity index (χ0n) is 18.6. The van der Waals surface area contributed by atoms with E-state index >= 15 is 0 Å². The molecule has 5 rings (SSSR count). The number of carbonyl (C=O) groups is 1.